The van der Waals surface area contributed by atoms with Gasteiger partial charge in [-0.2, -0.15) is 5.26 Å². The van der Waals surface area contributed by atoms with Crippen LogP contribution >= 0.6 is 22.6 Å². The van der Waals surface area contributed by atoms with Gasteiger partial charge >= 0.3 is 0 Å². The summed E-state index contributed by atoms with van der Waals surface area (Å²) >= 11 is 2.19. The molecule has 3 nitrogen and oxygen atoms in total. The molecule has 0 aliphatic heterocycles. The fourth-order valence-corrected chi connectivity index (χ4v) is 1.57. The van der Waals surface area contributed by atoms with E-state index in [-0.39, 0.29) is 0 Å². The van der Waals surface area contributed by atoms with E-state index in [1.165, 1.54) is 0 Å². The number of pyridine rings is 1. The lowest BCUT2D eigenvalue weighted by molar-refractivity contribution is 1.15. The van der Waals surface area contributed by atoms with Gasteiger partial charge in [0.25, 0.3) is 0 Å². The summed E-state index contributed by atoms with van der Waals surface area (Å²) in [4.78, 5) is 4.13. The average Bonchev–Trinajstić information content (AvgIpc) is 2.47. The Kier molecular flexibility index (Phi) is 1.73. The van der Waals surface area contributed by atoms with Crippen molar-refractivity contribution in [2.45, 2.75) is 0 Å². The highest BCUT2D eigenvalue weighted by atomic mass is 127. The SMILES string of the molecule is N#Cc1ccn2c(I)cnc2c1. The molecule has 0 unspecified atom stereocenters. The van der Waals surface area contributed by atoms with Gasteiger partial charge in [-0.1, -0.05) is 0 Å². The Labute approximate surface area is 82.8 Å². The molecule has 2 heterocycles. The van der Waals surface area contributed by atoms with E-state index < -0.39 is 0 Å². The van der Waals surface area contributed by atoms with Crippen molar-refractivity contribution in [2.24, 2.45) is 0 Å². The third-order valence-corrected chi connectivity index (χ3v) is 2.40. The number of aromatic nitrogens is 2. The maximum absolute atomic E-state index is 8.61. The summed E-state index contributed by atoms with van der Waals surface area (Å²) in [6.07, 6.45) is 3.62. The Balaban J connectivity index is 2.80. The Morgan fingerprint density at radius 2 is 2.42 bits per heavy atom. The Morgan fingerprint density at radius 3 is 3.17 bits per heavy atom. The zero-order valence-electron chi connectivity index (χ0n) is 6.03. The molecule has 0 spiro atoms. The van der Waals surface area contributed by atoms with Crippen molar-refractivity contribution in [3.05, 3.63) is 33.8 Å². The van der Waals surface area contributed by atoms with Crippen LogP contribution in [0.4, 0.5) is 0 Å². The Morgan fingerprint density at radius 1 is 1.58 bits per heavy atom. The van der Waals surface area contributed by atoms with Crippen LogP contribution in [0.1, 0.15) is 5.56 Å². The molecule has 0 N–H and O–H groups in total. The van der Waals surface area contributed by atoms with Crippen LogP contribution in [0.25, 0.3) is 5.65 Å². The molecule has 0 bridgehead atoms. The lowest BCUT2D eigenvalue weighted by Crippen LogP contribution is -1.86. The van der Waals surface area contributed by atoms with E-state index in [2.05, 4.69) is 33.6 Å². The highest BCUT2D eigenvalue weighted by Gasteiger charge is 1.99. The number of fused-ring (bicyclic) bond motifs is 1. The quantitative estimate of drug-likeness (QED) is 0.684. The number of nitriles is 1. The van der Waals surface area contributed by atoms with Crippen LogP contribution in [0.5, 0.6) is 0 Å². The molecular formula is C8H4IN3. The monoisotopic (exact) mass is 269 g/mol. The van der Waals surface area contributed by atoms with Crippen LogP contribution in [0, 0.1) is 15.0 Å². The van der Waals surface area contributed by atoms with E-state index in [9.17, 15) is 0 Å². The van der Waals surface area contributed by atoms with Gasteiger partial charge in [0, 0.05) is 6.20 Å². The maximum atomic E-state index is 8.61. The zero-order chi connectivity index (χ0) is 8.55. The van der Waals surface area contributed by atoms with Crippen molar-refractivity contribution in [2.75, 3.05) is 0 Å². The fourth-order valence-electron chi connectivity index (χ4n) is 1.02. The molecule has 0 aromatic carbocycles. The van der Waals surface area contributed by atoms with Crippen LogP contribution in [0.2, 0.25) is 0 Å². The summed E-state index contributed by atoms with van der Waals surface area (Å²) < 4.78 is 2.98. The molecule has 0 radical (unpaired) electrons. The Bertz CT molecular complexity index is 467. The van der Waals surface area contributed by atoms with Crippen molar-refractivity contribution >= 4 is 28.2 Å². The first-order valence-corrected chi connectivity index (χ1v) is 4.42. The summed E-state index contributed by atoms with van der Waals surface area (Å²) in [5, 5.41) is 8.61. The van der Waals surface area contributed by atoms with Gasteiger partial charge in [0.2, 0.25) is 0 Å². The summed E-state index contributed by atoms with van der Waals surface area (Å²) in [7, 11) is 0. The minimum absolute atomic E-state index is 0.643. The molecule has 0 aliphatic carbocycles. The molecule has 58 valence electrons. The first-order chi connectivity index (χ1) is 5.81. The summed E-state index contributed by atoms with van der Waals surface area (Å²) in [6.45, 7) is 0. The molecule has 0 atom stereocenters. The zero-order valence-corrected chi connectivity index (χ0v) is 8.19. The molecular weight excluding hydrogens is 265 g/mol. The second kappa shape index (κ2) is 2.75. The topological polar surface area (TPSA) is 41.1 Å². The third-order valence-electron chi connectivity index (χ3n) is 1.60. The van der Waals surface area contributed by atoms with E-state index in [4.69, 9.17) is 5.26 Å². The van der Waals surface area contributed by atoms with Crippen LogP contribution in [0.3, 0.4) is 0 Å². The molecule has 0 saturated heterocycles. The smallest absolute Gasteiger partial charge is 0.138 e. The van der Waals surface area contributed by atoms with E-state index in [0.29, 0.717) is 5.56 Å². The van der Waals surface area contributed by atoms with Gasteiger partial charge in [-0.05, 0) is 34.7 Å². The summed E-state index contributed by atoms with van der Waals surface area (Å²) in [5.74, 6) is 0. The predicted molar refractivity (Wildman–Crippen MR) is 52.6 cm³/mol. The van der Waals surface area contributed by atoms with Crippen LogP contribution in [0.15, 0.2) is 24.5 Å². The maximum Gasteiger partial charge on any atom is 0.138 e. The first-order valence-electron chi connectivity index (χ1n) is 3.34. The minimum atomic E-state index is 0.643. The second-order valence-electron chi connectivity index (χ2n) is 2.34. The third kappa shape index (κ3) is 1.06. The highest BCUT2D eigenvalue weighted by Crippen LogP contribution is 2.10. The molecule has 12 heavy (non-hydrogen) atoms. The minimum Gasteiger partial charge on any atom is -0.295 e. The van der Waals surface area contributed by atoms with E-state index in [1.54, 1.807) is 18.3 Å². The molecule has 0 amide bonds. The van der Waals surface area contributed by atoms with Crippen molar-refractivity contribution < 1.29 is 0 Å². The Hall–Kier alpha value is -1.09. The van der Waals surface area contributed by atoms with Gasteiger partial charge in [-0.15, -0.1) is 0 Å². The van der Waals surface area contributed by atoms with Gasteiger partial charge in [0.15, 0.2) is 0 Å². The summed E-state index contributed by atoms with van der Waals surface area (Å²) in [5.41, 5.74) is 1.46. The number of nitrogens with zero attached hydrogens (tertiary/aromatic N) is 3. The van der Waals surface area contributed by atoms with E-state index >= 15 is 0 Å². The van der Waals surface area contributed by atoms with Crippen molar-refractivity contribution in [1.29, 1.82) is 5.26 Å². The summed E-state index contributed by atoms with van der Waals surface area (Å²) in [6, 6.07) is 5.61. The molecule has 0 saturated carbocycles. The first kappa shape index (κ1) is 7.55. The van der Waals surface area contributed by atoms with Crippen molar-refractivity contribution in [3.8, 4) is 6.07 Å². The lowest BCUT2D eigenvalue weighted by Gasteiger charge is -1.93. The second-order valence-corrected chi connectivity index (χ2v) is 3.44. The van der Waals surface area contributed by atoms with Gasteiger partial charge in [-0.3, -0.25) is 4.40 Å². The molecule has 2 aromatic heterocycles. The lowest BCUT2D eigenvalue weighted by atomic mass is 10.3. The van der Waals surface area contributed by atoms with Crippen LogP contribution in [-0.2, 0) is 0 Å². The van der Waals surface area contributed by atoms with Gasteiger partial charge in [0.05, 0.1) is 17.8 Å². The van der Waals surface area contributed by atoms with Crippen LogP contribution < -0.4 is 0 Å². The van der Waals surface area contributed by atoms with Gasteiger partial charge in [0.1, 0.15) is 9.35 Å². The molecule has 2 aromatic rings. The van der Waals surface area contributed by atoms with E-state index in [1.807, 2.05) is 10.6 Å². The molecule has 0 aliphatic rings. The predicted octanol–water partition coefficient (Wildman–Crippen LogP) is 1.81. The standard InChI is InChI=1S/C8H4IN3/c9-7-5-11-8-3-6(4-10)1-2-12(7)8/h1-3,5H. The molecule has 0 fully saturated rings. The number of hydrogen-bond donors (Lipinski definition) is 0. The van der Waals surface area contributed by atoms with E-state index in [0.717, 1.165) is 9.35 Å². The molecule has 4 heteroatoms. The van der Waals surface area contributed by atoms with Crippen LogP contribution in [-0.4, -0.2) is 9.38 Å². The number of imidazole rings is 1. The number of rotatable bonds is 0. The average molecular weight is 269 g/mol. The largest absolute Gasteiger partial charge is 0.295 e. The van der Waals surface area contributed by atoms with Crippen molar-refractivity contribution in [1.82, 2.24) is 9.38 Å². The highest BCUT2D eigenvalue weighted by molar-refractivity contribution is 14.1. The van der Waals surface area contributed by atoms with Crippen molar-refractivity contribution in [3.63, 3.8) is 0 Å². The normalized spacial score (nSPS) is 10.0. The number of halogens is 1. The fraction of sp³-hybridized carbons (Fsp3) is 0. The number of hydrogen-bond acceptors (Lipinski definition) is 2. The van der Waals surface area contributed by atoms with Gasteiger partial charge in [-0.25, -0.2) is 4.98 Å². The molecule has 2 rings (SSSR count). The van der Waals surface area contributed by atoms with Gasteiger partial charge < -0.3 is 0 Å².